The lowest BCUT2D eigenvalue weighted by molar-refractivity contribution is 0.102. The third-order valence-electron chi connectivity index (χ3n) is 4.06. The SMILES string of the molecule is COc1cc(NC(=O)c2cn(C)c3ccccc3c2=O)c(OC)cc1Cl. The largest absolute Gasteiger partial charge is 0.495 e. The van der Waals surface area contributed by atoms with Crippen LogP contribution in [0.3, 0.4) is 0 Å². The Kier molecular flexibility index (Phi) is 4.86. The number of halogens is 1. The van der Waals surface area contributed by atoms with Crippen LogP contribution in [-0.2, 0) is 7.05 Å². The van der Waals surface area contributed by atoms with Gasteiger partial charge in [-0.2, -0.15) is 0 Å². The zero-order valence-electron chi connectivity index (χ0n) is 14.5. The fourth-order valence-electron chi connectivity index (χ4n) is 2.75. The molecule has 0 bridgehead atoms. The molecule has 1 heterocycles. The number of pyridine rings is 1. The molecule has 1 amide bonds. The molecule has 1 aromatic heterocycles. The summed E-state index contributed by atoms with van der Waals surface area (Å²) in [7, 11) is 4.71. The number of carbonyl (C=O) groups excluding carboxylic acids is 1. The number of amides is 1. The van der Waals surface area contributed by atoms with Crippen molar-refractivity contribution in [3.05, 3.63) is 63.4 Å². The maximum absolute atomic E-state index is 12.7. The topological polar surface area (TPSA) is 69.6 Å². The first-order chi connectivity index (χ1) is 12.5. The van der Waals surface area contributed by atoms with Gasteiger partial charge in [-0.1, -0.05) is 23.7 Å². The molecule has 26 heavy (non-hydrogen) atoms. The second kappa shape index (κ2) is 7.09. The van der Waals surface area contributed by atoms with E-state index >= 15 is 0 Å². The van der Waals surface area contributed by atoms with Crippen LogP contribution in [0.4, 0.5) is 5.69 Å². The van der Waals surface area contributed by atoms with Gasteiger partial charge in [0, 0.05) is 30.8 Å². The summed E-state index contributed by atoms with van der Waals surface area (Å²) in [6, 6.07) is 10.2. The number of anilines is 1. The molecule has 134 valence electrons. The molecule has 0 aliphatic heterocycles. The molecule has 0 aliphatic rings. The average Bonchev–Trinajstić information content (AvgIpc) is 2.65. The minimum atomic E-state index is -0.543. The Bertz CT molecular complexity index is 1060. The number of aryl methyl sites for hydroxylation is 1. The molecule has 0 unspecified atom stereocenters. The second-order valence-electron chi connectivity index (χ2n) is 5.64. The van der Waals surface area contributed by atoms with Crippen LogP contribution in [-0.4, -0.2) is 24.7 Å². The molecule has 2 aromatic carbocycles. The summed E-state index contributed by atoms with van der Waals surface area (Å²) >= 11 is 6.07. The zero-order valence-corrected chi connectivity index (χ0v) is 15.3. The second-order valence-corrected chi connectivity index (χ2v) is 6.05. The first-order valence-electron chi connectivity index (χ1n) is 7.77. The molecule has 1 N–H and O–H groups in total. The number of fused-ring (bicyclic) bond motifs is 1. The number of rotatable bonds is 4. The summed E-state index contributed by atoms with van der Waals surface area (Å²) in [5, 5.41) is 3.52. The summed E-state index contributed by atoms with van der Waals surface area (Å²) in [5.74, 6) is 0.204. The molecule has 0 aliphatic carbocycles. The van der Waals surface area contributed by atoms with Gasteiger partial charge in [-0.15, -0.1) is 0 Å². The molecule has 0 saturated heterocycles. The van der Waals surface area contributed by atoms with Crippen LogP contribution in [0.1, 0.15) is 10.4 Å². The van der Waals surface area contributed by atoms with Gasteiger partial charge in [0.15, 0.2) is 0 Å². The number of methoxy groups -OCH3 is 2. The summed E-state index contributed by atoms with van der Waals surface area (Å²) in [6.07, 6.45) is 1.51. The Morgan fingerprint density at radius 3 is 2.50 bits per heavy atom. The van der Waals surface area contributed by atoms with E-state index in [2.05, 4.69) is 5.32 Å². The van der Waals surface area contributed by atoms with E-state index in [4.69, 9.17) is 21.1 Å². The highest BCUT2D eigenvalue weighted by atomic mass is 35.5. The molecule has 3 aromatic rings. The van der Waals surface area contributed by atoms with Crippen molar-refractivity contribution in [2.24, 2.45) is 7.05 Å². The van der Waals surface area contributed by atoms with E-state index in [1.165, 1.54) is 26.5 Å². The number of hydrogen-bond acceptors (Lipinski definition) is 4. The third kappa shape index (κ3) is 3.11. The number of nitrogens with one attached hydrogen (secondary N) is 1. The zero-order chi connectivity index (χ0) is 18.8. The Morgan fingerprint density at radius 1 is 1.12 bits per heavy atom. The van der Waals surface area contributed by atoms with Gasteiger partial charge in [0.1, 0.15) is 17.1 Å². The van der Waals surface area contributed by atoms with Crippen molar-refractivity contribution < 1.29 is 14.3 Å². The Morgan fingerprint density at radius 2 is 1.81 bits per heavy atom. The van der Waals surface area contributed by atoms with Crippen molar-refractivity contribution >= 4 is 34.1 Å². The number of carbonyl (C=O) groups is 1. The van der Waals surface area contributed by atoms with E-state index in [0.717, 1.165) is 5.52 Å². The van der Waals surface area contributed by atoms with Crippen molar-refractivity contribution in [2.45, 2.75) is 0 Å². The Hall–Kier alpha value is -2.99. The molecule has 6 nitrogen and oxygen atoms in total. The number of benzene rings is 2. The molecule has 3 rings (SSSR count). The summed E-state index contributed by atoms with van der Waals surface area (Å²) < 4.78 is 12.2. The molecule has 0 saturated carbocycles. The molecule has 7 heteroatoms. The van der Waals surface area contributed by atoms with Crippen LogP contribution in [0.2, 0.25) is 5.02 Å². The van der Waals surface area contributed by atoms with Gasteiger partial charge in [-0.25, -0.2) is 0 Å². The number of aromatic nitrogens is 1. The van der Waals surface area contributed by atoms with Crippen LogP contribution in [0.5, 0.6) is 11.5 Å². The summed E-state index contributed by atoms with van der Waals surface area (Å²) in [4.78, 5) is 25.4. The lowest BCUT2D eigenvalue weighted by Gasteiger charge is -2.14. The van der Waals surface area contributed by atoms with Gasteiger partial charge >= 0.3 is 0 Å². The lowest BCUT2D eigenvalue weighted by atomic mass is 10.1. The normalized spacial score (nSPS) is 10.6. The van der Waals surface area contributed by atoms with Gasteiger partial charge in [-0.3, -0.25) is 9.59 Å². The highest BCUT2D eigenvalue weighted by molar-refractivity contribution is 6.32. The number of para-hydroxylation sites is 1. The van der Waals surface area contributed by atoms with Crippen molar-refractivity contribution in [3.8, 4) is 11.5 Å². The maximum atomic E-state index is 12.7. The van der Waals surface area contributed by atoms with E-state index in [9.17, 15) is 9.59 Å². The first-order valence-corrected chi connectivity index (χ1v) is 8.15. The van der Waals surface area contributed by atoms with Gasteiger partial charge in [0.2, 0.25) is 5.43 Å². The van der Waals surface area contributed by atoms with Crippen LogP contribution in [0.15, 0.2) is 47.4 Å². The fraction of sp³-hybridized carbons (Fsp3) is 0.158. The van der Waals surface area contributed by atoms with Gasteiger partial charge in [0.05, 0.1) is 30.4 Å². The molecular formula is C19H17ClN2O4. The third-order valence-corrected chi connectivity index (χ3v) is 4.36. The van der Waals surface area contributed by atoms with E-state index in [1.807, 2.05) is 12.1 Å². The fourth-order valence-corrected chi connectivity index (χ4v) is 2.98. The lowest BCUT2D eigenvalue weighted by Crippen LogP contribution is -2.23. The molecule has 0 spiro atoms. The number of hydrogen-bond donors (Lipinski definition) is 1. The molecule has 0 fully saturated rings. The van der Waals surface area contributed by atoms with Crippen LogP contribution in [0, 0.1) is 0 Å². The molecule has 0 radical (unpaired) electrons. The summed E-state index contributed by atoms with van der Waals surface area (Å²) in [5.41, 5.74) is 0.798. The van der Waals surface area contributed by atoms with Crippen molar-refractivity contribution in [2.75, 3.05) is 19.5 Å². The molecule has 0 atom stereocenters. The number of nitrogens with zero attached hydrogens (tertiary/aromatic N) is 1. The van der Waals surface area contributed by atoms with Crippen LogP contribution in [0.25, 0.3) is 10.9 Å². The van der Waals surface area contributed by atoms with E-state index in [0.29, 0.717) is 27.6 Å². The van der Waals surface area contributed by atoms with Crippen LogP contribution < -0.4 is 20.2 Å². The van der Waals surface area contributed by atoms with Crippen molar-refractivity contribution in [3.63, 3.8) is 0 Å². The van der Waals surface area contributed by atoms with E-state index in [1.54, 1.807) is 29.8 Å². The Balaban J connectivity index is 2.05. The molecular weight excluding hydrogens is 356 g/mol. The predicted molar refractivity (Wildman–Crippen MR) is 102 cm³/mol. The quantitative estimate of drug-likeness (QED) is 0.761. The minimum absolute atomic E-state index is 0.0298. The monoisotopic (exact) mass is 372 g/mol. The minimum Gasteiger partial charge on any atom is -0.495 e. The highest BCUT2D eigenvalue weighted by Crippen LogP contribution is 2.36. The standard InChI is InChI=1S/C19H17ClN2O4/c1-22-10-12(18(23)11-6-4-5-7-15(11)22)19(24)21-14-9-16(25-2)13(20)8-17(14)26-3/h4-10H,1-3H3,(H,21,24). The van der Waals surface area contributed by atoms with Gasteiger partial charge in [0.25, 0.3) is 5.91 Å². The predicted octanol–water partition coefficient (Wildman–Crippen LogP) is 3.46. The van der Waals surface area contributed by atoms with Crippen LogP contribution >= 0.6 is 11.6 Å². The smallest absolute Gasteiger partial charge is 0.261 e. The maximum Gasteiger partial charge on any atom is 0.261 e. The average molecular weight is 373 g/mol. The Labute approximate surface area is 154 Å². The van der Waals surface area contributed by atoms with E-state index in [-0.39, 0.29) is 11.0 Å². The number of ether oxygens (including phenoxy) is 2. The van der Waals surface area contributed by atoms with Gasteiger partial charge in [-0.05, 0) is 12.1 Å². The highest BCUT2D eigenvalue weighted by Gasteiger charge is 2.17. The first kappa shape index (κ1) is 17.8. The van der Waals surface area contributed by atoms with Gasteiger partial charge < -0.3 is 19.4 Å². The summed E-state index contributed by atoms with van der Waals surface area (Å²) in [6.45, 7) is 0. The van der Waals surface area contributed by atoms with E-state index < -0.39 is 5.91 Å². The van der Waals surface area contributed by atoms with Crippen molar-refractivity contribution in [1.82, 2.24) is 4.57 Å². The van der Waals surface area contributed by atoms with Crippen molar-refractivity contribution in [1.29, 1.82) is 0 Å².